The number of ether oxygens (including phenoxy) is 2. The average Bonchev–Trinajstić information content (AvgIpc) is 3.80. The van der Waals surface area contributed by atoms with Crippen molar-refractivity contribution in [1.29, 1.82) is 10.5 Å². The van der Waals surface area contributed by atoms with Gasteiger partial charge in [-0.15, -0.1) is 0 Å². The lowest BCUT2D eigenvalue weighted by Crippen LogP contribution is -2.32. The summed E-state index contributed by atoms with van der Waals surface area (Å²) in [6.45, 7) is 2.08. The zero-order valence-electron chi connectivity index (χ0n) is 31.4. The number of hydrogen-bond donors (Lipinski definition) is 2. The Kier molecular flexibility index (Phi) is 18.7. The summed E-state index contributed by atoms with van der Waals surface area (Å²) in [5.74, 6) is -0.0289. The highest BCUT2D eigenvalue weighted by molar-refractivity contribution is 7.40. The molecule has 11 nitrogen and oxygen atoms in total. The number of unbranched alkanes of at least 4 members (excludes halogenated alkanes) is 16. The van der Waals surface area contributed by atoms with E-state index in [-0.39, 0.29) is 24.5 Å². The van der Waals surface area contributed by atoms with Gasteiger partial charge in [0.25, 0.3) is 0 Å². The number of aromatic nitrogens is 3. The fourth-order valence-corrected chi connectivity index (χ4v) is 7.56. The minimum Gasteiger partial charge on any atom is -0.488 e. The molecule has 0 amide bonds. The van der Waals surface area contributed by atoms with Crippen molar-refractivity contribution in [3.8, 4) is 17.9 Å². The van der Waals surface area contributed by atoms with Gasteiger partial charge in [0.2, 0.25) is 0 Å². The van der Waals surface area contributed by atoms with Crippen molar-refractivity contribution < 1.29 is 27.8 Å². The number of rotatable bonds is 27. The Balaban J connectivity index is 1.15. The number of hydrogen-bond acceptors (Lipinski definition) is 10. The fourth-order valence-electron chi connectivity index (χ4n) is 6.87. The van der Waals surface area contributed by atoms with Gasteiger partial charge in [-0.05, 0) is 49.9 Å². The van der Waals surface area contributed by atoms with Crippen LogP contribution in [0.4, 0.5) is 10.2 Å². The number of fused-ring (bicyclic) bond motifs is 1. The summed E-state index contributed by atoms with van der Waals surface area (Å²) >= 11 is 0. The van der Waals surface area contributed by atoms with Crippen LogP contribution in [0.25, 0.3) is 5.52 Å². The molecule has 4 unspecified atom stereocenters. The number of nitrogens with two attached hydrogens (primary N) is 1. The molecule has 0 radical (unpaired) electrons. The Morgan fingerprint density at radius 1 is 0.962 bits per heavy atom. The van der Waals surface area contributed by atoms with E-state index in [2.05, 4.69) is 23.1 Å². The van der Waals surface area contributed by atoms with Crippen molar-refractivity contribution in [3.05, 3.63) is 53.7 Å². The third kappa shape index (κ3) is 14.1. The molecule has 53 heavy (non-hydrogen) atoms. The van der Waals surface area contributed by atoms with Gasteiger partial charge in [-0.1, -0.05) is 110 Å². The van der Waals surface area contributed by atoms with Crippen molar-refractivity contribution in [2.24, 2.45) is 0 Å². The number of nitriles is 2. The highest BCUT2D eigenvalue weighted by atomic mass is 31.2. The molecule has 0 bridgehead atoms. The van der Waals surface area contributed by atoms with Gasteiger partial charge in [-0.25, -0.2) is 13.9 Å². The van der Waals surface area contributed by atoms with E-state index in [0.29, 0.717) is 30.6 Å². The van der Waals surface area contributed by atoms with E-state index in [1.807, 2.05) is 18.2 Å². The van der Waals surface area contributed by atoms with Gasteiger partial charge in [0.05, 0.1) is 24.5 Å². The van der Waals surface area contributed by atoms with E-state index in [1.165, 1.54) is 108 Å². The van der Waals surface area contributed by atoms with Crippen molar-refractivity contribution in [2.45, 2.75) is 153 Å². The van der Waals surface area contributed by atoms with Gasteiger partial charge in [-0.2, -0.15) is 15.6 Å². The van der Waals surface area contributed by atoms with Crippen LogP contribution in [0.15, 0.2) is 36.7 Å². The van der Waals surface area contributed by atoms with Crippen LogP contribution >= 0.6 is 8.60 Å². The van der Waals surface area contributed by atoms with Crippen LogP contribution in [-0.2, 0) is 13.8 Å². The molecule has 1 aromatic carbocycles. The topological polar surface area (TPSA) is 161 Å². The molecular formula is C40H58FN6O5P. The second-order valence-corrected chi connectivity index (χ2v) is 15.2. The largest absolute Gasteiger partial charge is 0.488 e. The molecular weight excluding hydrogens is 694 g/mol. The summed E-state index contributed by atoms with van der Waals surface area (Å²) in [5.41, 5.74) is 6.03. The standard InChI is InChI=1S/C40H58FN6O5P/c1-2-3-4-5-6-7-8-9-10-11-12-13-14-15-16-17-18-19-34(51-33-21-20-32(27-42)35(41)26-33)28-49-53(48)50-30-40(29-43)25-24-38(52-40)36-22-23-37-39(44)45-31-46-47(36)37/h20-23,26,31,34,38,48H,2-19,24-25,28,30H2,1H3,(H2,44,45,46). The Morgan fingerprint density at radius 3 is 2.21 bits per heavy atom. The first-order valence-electron chi connectivity index (χ1n) is 19.7. The maximum absolute atomic E-state index is 14.3. The highest BCUT2D eigenvalue weighted by Gasteiger charge is 2.43. The molecule has 0 spiro atoms. The maximum atomic E-state index is 14.3. The summed E-state index contributed by atoms with van der Waals surface area (Å²) in [6.07, 6.45) is 23.8. The van der Waals surface area contributed by atoms with Gasteiger partial charge < -0.3 is 29.1 Å². The molecule has 3 aromatic rings. The first kappa shape index (κ1) is 42.4. The van der Waals surface area contributed by atoms with Crippen LogP contribution < -0.4 is 10.5 Å². The van der Waals surface area contributed by atoms with E-state index >= 15 is 0 Å². The predicted molar refractivity (Wildman–Crippen MR) is 204 cm³/mol. The molecule has 13 heteroatoms. The second-order valence-electron chi connectivity index (χ2n) is 14.2. The Labute approximate surface area is 316 Å². The molecule has 3 heterocycles. The van der Waals surface area contributed by atoms with Crippen LogP contribution in [0.3, 0.4) is 0 Å². The number of nitrogen functional groups attached to an aromatic ring is 1. The lowest BCUT2D eigenvalue weighted by molar-refractivity contribution is -0.0366. The zero-order valence-corrected chi connectivity index (χ0v) is 32.3. The number of nitrogens with zero attached hydrogens (tertiary/aromatic N) is 5. The third-order valence-electron chi connectivity index (χ3n) is 10.00. The van der Waals surface area contributed by atoms with Gasteiger partial charge in [0.1, 0.15) is 47.8 Å². The molecule has 4 rings (SSSR count). The molecule has 1 fully saturated rings. The molecule has 2 aromatic heterocycles. The summed E-state index contributed by atoms with van der Waals surface area (Å²) < 4.78 is 39.5. The molecule has 0 saturated carbocycles. The normalized spacial score (nSPS) is 18.2. The number of halogens is 1. The molecule has 0 aliphatic carbocycles. The SMILES string of the molecule is CCCCCCCCCCCCCCCCCCCC(COP(O)OCC1(C#N)CCC(c2ccc3c(N)ncnn23)O1)Oc1ccc(C#N)c(F)c1. The Bertz CT molecular complexity index is 1600. The van der Waals surface area contributed by atoms with Crippen LogP contribution in [0, 0.1) is 28.5 Å². The first-order valence-corrected chi connectivity index (χ1v) is 20.8. The minimum absolute atomic E-state index is 0.00297. The van der Waals surface area contributed by atoms with E-state index in [9.17, 15) is 14.5 Å². The smallest absolute Gasteiger partial charge is 0.330 e. The summed E-state index contributed by atoms with van der Waals surface area (Å²) in [5, 5.41) is 23.4. The molecule has 3 N–H and O–H groups in total. The van der Waals surface area contributed by atoms with Crippen molar-refractivity contribution in [1.82, 2.24) is 14.6 Å². The number of benzene rings is 1. The van der Waals surface area contributed by atoms with Crippen LogP contribution in [0.1, 0.15) is 153 Å². The fraction of sp³-hybridized carbons (Fsp3) is 0.650. The lowest BCUT2D eigenvalue weighted by atomic mass is 10.0. The highest BCUT2D eigenvalue weighted by Crippen LogP contribution is 2.43. The van der Waals surface area contributed by atoms with Crippen molar-refractivity contribution in [3.63, 3.8) is 0 Å². The van der Waals surface area contributed by atoms with E-state index in [4.69, 9.17) is 29.5 Å². The summed E-state index contributed by atoms with van der Waals surface area (Å²) in [4.78, 5) is 14.7. The lowest BCUT2D eigenvalue weighted by Gasteiger charge is -2.24. The van der Waals surface area contributed by atoms with E-state index < -0.39 is 32.2 Å². The van der Waals surface area contributed by atoms with Gasteiger partial charge in [0.15, 0.2) is 11.4 Å². The molecule has 1 aliphatic rings. The van der Waals surface area contributed by atoms with Crippen LogP contribution in [0.5, 0.6) is 5.75 Å². The minimum atomic E-state index is -2.36. The summed E-state index contributed by atoms with van der Waals surface area (Å²) in [6, 6.07) is 11.8. The van der Waals surface area contributed by atoms with Crippen molar-refractivity contribution >= 4 is 19.9 Å². The average molecular weight is 753 g/mol. The molecule has 1 saturated heterocycles. The van der Waals surface area contributed by atoms with Gasteiger partial charge >= 0.3 is 8.60 Å². The second kappa shape index (κ2) is 23.4. The van der Waals surface area contributed by atoms with Gasteiger partial charge in [-0.3, -0.25) is 0 Å². The van der Waals surface area contributed by atoms with E-state index in [1.54, 1.807) is 10.6 Å². The molecule has 4 atom stereocenters. The monoisotopic (exact) mass is 752 g/mol. The zero-order chi connectivity index (χ0) is 37.7. The quantitative estimate of drug-likeness (QED) is 0.0566. The van der Waals surface area contributed by atoms with Crippen molar-refractivity contribution in [2.75, 3.05) is 18.9 Å². The third-order valence-corrected chi connectivity index (χ3v) is 10.7. The predicted octanol–water partition coefficient (Wildman–Crippen LogP) is 10.2. The maximum Gasteiger partial charge on any atom is 0.330 e. The van der Waals surface area contributed by atoms with E-state index in [0.717, 1.165) is 25.0 Å². The van der Waals surface area contributed by atoms with Gasteiger partial charge in [0, 0.05) is 6.07 Å². The Morgan fingerprint density at radius 2 is 1.60 bits per heavy atom. The summed E-state index contributed by atoms with van der Waals surface area (Å²) in [7, 11) is -2.36. The molecule has 1 aliphatic heterocycles. The number of anilines is 1. The van der Waals surface area contributed by atoms with Crippen LogP contribution in [-0.4, -0.2) is 44.4 Å². The molecule has 290 valence electrons. The first-order chi connectivity index (χ1) is 25.9. The van der Waals surface area contributed by atoms with Crippen LogP contribution in [0.2, 0.25) is 0 Å². The Hall–Kier alpha value is -3.38.